The van der Waals surface area contributed by atoms with E-state index in [1.54, 1.807) is 30.3 Å². The lowest BCUT2D eigenvalue weighted by molar-refractivity contribution is -0.274. The Morgan fingerprint density at radius 2 is 1.44 bits per heavy atom. The van der Waals surface area contributed by atoms with Crippen LogP contribution in [-0.2, 0) is 12.7 Å². The number of nitrogens with one attached hydrogen (secondary N) is 3. The van der Waals surface area contributed by atoms with E-state index in [4.69, 9.17) is 0 Å². The molecule has 0 aliphatic carbocycles. The molecule has 1 aromatic heterocycles. The molecule has 0 unspecified atom stereocenters. The van der Waals surface area contributed by atoms with Gasteiger partial charge in [-0.15, -0.1) is 18.3 Å². The number of aromatic amines is 1. The van der Waals surface area contributed by atoms with Crippen molar-refractivity contribution in [1.82, 2.24) is 20.6 Å². The van der Waals surface area contributed by atoms with Gasteiger partial charge in [0, 0.05) is 18.7 Å². The normalized spacial score (nSPS) is 12.0. The third-order valence-corrected chi connectivity index (χ3v) is 7.10. The second kappa shape index (κ2) is 14.4. The van der Waals surface area contributed by atoms with E-state index in [-0.39, 0.29) is 29.3 Å². The van der Waals surface area contributed by atoms with Crippen LogP contribution in [0.3, 0.4) is 0 Å². The molecule has 0 aliphatic heterocycles. The summed E-state index contributed by atoms with van der Waals surface area (Å²) >= 11 is 0. The number of nitrogens with zero attached hydrogens (tertiary/aromatic N) is 4. The number of rotatable bonds is 10. The highest BCUT2D eigenvalue weighted by Crippen LogP contribution is 2.38. The first-order valence-corrected chi connectivity index (χ1v) is 14.4. The summed E-state index contributed by atoms with van der Waals surface area (Å²) in [5.74, 6) is -0.281. The summed E-state index contributed by atoms with van der Waals surface area (Å²) in [7, 11) is 0. The second-order valence-electron chi connectivity index (χ2n) is 10.6. The average molecular weight is 710 g/mol. The SMILES string of the molecule is O=C(Nc1cc(-c2ccccc2-c2nnn[nH]2)ccc1N(CCC(F)(F)F)Cc1ccc(OC(F)(F)F)cc1)Nc1ccccc1C(F)(F)F. The van der Waals surface area contributed by atoms with Gasteiger partial charge in [0.05, 0.1) is 29.0 Å². The zero-order chi connectivity index (χ0) is 36.1. The third-order valence-electron chi connectivity index (χ3n) is 7.10. The summed E-state index contributed by atoms with van der Waals surface area (Å²) in [5.41, 5.74) is -0.0714. The molecule has 5 aromatic rings. The number of para-hydroxylation sites is 1. The minimum Gasteiger partial charge on any atom is -0.406 e. The number of aromatic nitrogens is 4. The summed E-state index contributed by atoms with van der Waals surface area (Å²) < 4.78 is 123. The largest absolute Gasteiger partial charge is 0.573 e. The molecule has 0 fully saturated rings. The Kier molecular flexibility index (Phi) is 10.2. The number of hydrogen-bond acceptors (Lipinski definition) is 6. The Balaban J connectivity index is 1.56. The zero-order valence-electron chi connectivity index (χ0n) is 25.3. The van der Waals surface area contributed by atoms with E-state index in [2.05, 4.69) is 36.0 Å². The van der Waals surface area contributed by atoms with Crippen molar-refractivity contribution in [2.45, 2.75) is 31.7 Å². The predicted octanol–water partition coefficient (Wildman–Crippen LogP) is 9.05. The van der Waals surface area contributed by atoms with Crippen molar-refractivity contribution in [3.8, 4) is 28.3 Å². The van der Waals surface area contributed by atoms with Crippen LogP contribution in [0.2, 0.25) is 0 Å². The van der Waals surface area contributed by atoms with Crippen molar-refractivity contribution in [2.75, 3.05) is 22.1 Å². The van der Waals surface area contributed by atoms with E-state index in [9.17, 15) is 44.3 Å². The molecule has 0 radical (unpaired) electrons. The van der Waals surface area contributed by atoms with Gasteiger partial charge in [0.25, 0.3) is 0 Å². The lowest BCUT2D eigenvalue weighted by Gasteiger charge is -2.28. The summed E-state index contributed by atoms with van der Waals surface area (Å²) in [6, 6.07) is 18.6. The maximum Gasteiger partial charge on any atom is 0.573 e. The number of amides is 2. The smallest absolute Gasteiger partial charge is 0.406 e. The van der Waals surface area contributed by atoms with Crippen molar-refractivity contribution in [2.24, 2.45) is 0 Å². The molecule has 0 saturated heterocycles. The highest BCUT2D eigenvalue weighted by Gasteiger charge is 2.34. The van der Waals surface area contributed by atoms with Crippen LogP contribution in [0, 0.1) is 0 Å². The fourth-order valence-electron chi connectivity index (χ4n) is 4.97. The van der Waals surface area contributed by atoms with Gasteiger partial charge in [0.2, 0.25) is 0 Å². The van der Waals surface area contributed by atoms with Crippen molar-refractivity contribution in [3.05, 3.63) is 102 Å². The van der Waals surface area contributed by atoms with Gasteiger partial charge in [-0.3, -0.25) is 0 Å². The maximum atomic E-state index is 13.6. The van der Waals surface area contributed by atoms with Gasteiger partial charge >= 0.3 is 24.7 Å². The topological polar surface area (TPSA) is 108 Å². The highest BCUT2D eigenvalue weighted by molar-refractivity contribution is 6.03. The van der Waals surface area contributed by atoms with Gasteiger partial charge in [-0.2, -0.15) is 26.3 Å². The standard InChI is InChI=1S/C32H24F9N7O2/c33-30(34,35)15-16-48(18-19-9-12-21(13-10-19)50-32(39,40)41)27-14-11-20(22-5-1-2-6-23(22)28-44-46-47-45-28)17-26(27)43-29(49)42-25-8-4-3-7-24(25)31(36,37)38/h1-14,17H,15-16,18H2,(H2,42,43,49)(H,44,45,46,47). The maximum absolute atomic E-state index is 13.6. The molecule has 18 heteroatoms. The van der Waals surface area contributed by atoms with Gasteiger partial charge < -0.3 is 20.3 Å². The zero-order valence-corrected chi connectivity index (χ0v) is 25.3. The molecule has 0 atom stereocenters. The number of anilines is 3. The van der Waals surface area contributed by atoms with Crippen molar-refractivity contribution >= 4 is 23.1 Å². The number of carbonyl (C=O) groups is 1. The van der Waals surface area contributed by atoms with Crippen molar-refractivity contribution in [3.63, 3.8) is 0 Å². The Labute approximate surface area is 277 Å². The molecule has 0 aliphatic rings. The Bertz CT molecular complexity index is 1910. The van der Waals surface area contributed by atoms with E-state index >= 15 is 0 Å². The number of ether oxygens (including phenoxy) is 1. The molecule has 1 heterocycles. The number of benzene rings is 4. The molecular weight excluding hydrogens is 685 g/mol. The van der Waals surface area contributed by atoms with Crippen molar-refractivity contribution in [1.29, 1.82) is 0 Å². The van der Waals surface area contributed by atoms with E-state index in [1.165, 1.54) is 35.2 Å². The fraction of sp³-hybridized carbons (Fsp3) is 0.188. The Morgan fingerprint density at radius 1 is 0.780 bits per heavy atom. The van der Waals surface area contributed by atoms with Gasteiger partial charge in [0.1, 0.15) is 5.75 Å². The van der Waals surface area contributed by atoms with Crippen LogP contribution in [0.25, 0.3) is 22.5 Å². The van der Waals surface area contributed by atoms with Crippen LogP contribution in [-0.4, -0.2) is 45.7 Å². The van der Waals surface area contributed by atoms with E-state index in [0.717, 1.165) is 30.3 Å². The lowest BCUT2D eigenvalue weighted by Crippen LogP contribution is -2.29. The van der Waals surface area contributed by atoms with Gasteiger partial charge in [-0.05, 0) is 63.5 Å². The number of urea groups is 1. The second-order valence-corrected chi connectivity index (χ2v) is 10.6. The first-order valence-electron chi connectivity index (χ1n) is 14.4. The summed E-state index contributed by atoms with van der Waals surface area (Å²) in [6.45, 7) is -0.952. The van der Waals surface area contributed by atoms with E-state index in [0.29, 0.717) is 16.7 Å². The van der Waals surface area contributed by atoms with Crippen LogP contribution < -0.4 is 20.3 Å². The molecule has 50 heavy (non-hydrogen) atoms. The van der Waals surface area contributed by atoms with E-state index in [1.807, 2.05) is 0 Å². The van der Waals surface area contributed by atoms with Crippen LogP contribution in [0.1, 0.15) is 17.5 Å². The summed E-state index contributed by atoms with van der Waals surface area (Å²) in [5, 5.41) is 18.3. The predicted molar refractivity (Wildman–Crippen MR) is 164 cm³/mol. The minimum absolute atomic E-state index is 0.0201. The molecule has 0 saturated carbocycles. The molecule has 262 valence electrons. The van der Waals surface area contributed by atoms with E-state index < -0.39 is 54.7 Å². The molecule has 3 N–H and O–H groups in total. The first kappa shape index (κ1) is 35.5. The van der Waals surface area contributed by atoms with Gasteiger partial charge in [-0.1, -0.05) is 54.6 Å². The summed E-state index contributed by atoms with van der Waals surface area (Å²) in [6.07, 6.45) is -15.7. The molecule has 0 bridgehead atoms. The van der Waals surface area contributed by atoms with Gasteiger partial charge in [0.15, 0.2) is 5.82 Å². The van der Waals surface area contributed by atoms with Crippen molar-refractivity contribution < 1.29 is 49.0 Å². The summed E-state index contributed by atoms with van der Waals surface area (Å²) in [4.78, 5) is 14.5. The molecule has 0 spiro atoms. The molecule has 9 nitrogen and oxygen atoms in total. The first-order chi connectivity index (χ1) is 23.6. The number of tetrazole rings is 1. The lowest BCUT2D eigenvalue weighted by atomic mass is 9.98. The molecule has 5 rings (SSSR count). The minimum atomic E-state index is -4.97. The van der Waals surface area contributed by atoms with Crippen LogP contribution in [0.4, 0.5) is 61.4 Å². The quantitative estimate of drug-likeness (QED) is 0.125. The molecular formula is C32H24F9N7O2. The Morgan fingerprint density at radius 3 is 2.08 bits per heavy atom. The Hall–Kier alpha value is -5.81. The molecule has 4 aromatic carbocycles. The van der Waals surface area contributed by atoms with Crippen LogP contribution in [0.5, 0.6) is 5.75 Å². The van der Waals surface area contributed by atoms with Crippen LogP contribution >= 0.6 is 0 Å². The number of alkyl halides is 9. The fourth-order valence-corrected chi connectivity index (χ4v) is 4.97. The van der Waals surface area contributed by atoms with Gasteiger partial charge in [-0.25, -0.2) is 9.89 Å². The number of H-pyrrole nitrogens is 1. The highest BCUT2D eigenvalue weighted by atomic mass is 19.4. The number of halogens is 9. The van der Waals surface area contributed by atoms with Crippen LogP contribution in [0.15, 0.2) is 91.0 Å². The monoisotopic (exact) mass is 709 g/mol. The molecule has 2 amide bonds. The number of carbonyl (C=O) groups excluding carboxylic acids is 1. The third kappa shape index (κ3) is 9.42. The average Bonchev–Trinajstić information content (AvgIpc) is 3.58. The number of hydrogen-bond donors (Lipinski definition) is 3.